The van der Waals surface area contributed by atoms with Crippen molar-refractivity contribution in [2.45, 2.75) is 0 Å². The Morgan fingerprint density at radius 2 is 0.887 bits per heavy atom. The number of furan rings is 1. The van der Waals surface area contributed by atoms with Gasteiger partial charge in [-0.1, -0.05) is 176 Å². The van der Waals surface area contributed by atoms with Crippen molar-refractivity contribution in [2.24, 2.45) is 0 Å². The van der Waals surface area contributed by atoms with E-state index in [0.717, 1.165) is 49.8 Å². The SMILES string of the molecule is c1ccc([Si](c2ccccc2)(c2ccccc2)c2cccc(N(c3cccc4ccccc34)c3cccc4ccc5c6ccccc6oc5c34)c2)cc1. The normalized spacial score (nSPS) is 11.8. The lowest BCUT2D eigenvalue weighted by atomic mass is 10.0. The Hall–Kier alpha value is -6.68. The zero-order valence-electron chi connectivity index (χ0n) is 29.1. The fraction of sp³-hybridized carbons (Fsp3) is 0. The highest BCUT2D eigenvalue weighted by atomic mass is 28.3. The van der Waals surface area contributed by atoms with Gasteiger partial charge in [-0.25, -0.2) is 0 Å². The molecule has 0 aliphatic carbocycles. The largest absolute Gasteiger partial charge is 0.455 e. The molecule has 9 aromatic carbocycles. The van der Waals surface area contributed by atoms with Gasteiger partial charge in [-0.05, 0) is 67.9 Å². The molecule has 0 aliphatic rings. The van der Waals surface area contributed by atoms with E-state index in [2.05, 4.69) is 211 Å². The minimum Gasteiger partial charge on any atom is -0.455 e. The van der Waals surface area contributed by atoms with Crippen LogP contribution in [0.2, 0.25) is 0 Å². The van der Waals surface area contributed by atoms with Gasteiger partial charge in [0.05, 0.1) is 11.4 Å². The molecular weight excluding hydrogens is 659 g/mol. The number of fused-ring (bicyclic) bond motifs is 6. The first-order chi connectivity index (χ1) is 26.3. The number of hydrogen-bond acceptors (Lipinski definition) is 2. The number of anilines is 3. The Morgan fingerprint density at radius 3 is 1.58 bits per heavy atom. The molecule has 0 saturated heterocycles. The van der Waals surface area contributed by atoms with Crippen LogP contribution in [0.25, 0.3) is 43.5 Å². The molecule has 0 saturated carbocycles. The zero-order chi connectivity index (χ0) is 35.2. The molecule has 0 aliphatic heterocycles. The molecule has 1 aromatic heterocycles. The standard InChI is InChI=1S/C50H35NOSi/c1-4-21-39(22-5-1)53(40-23-6-2-7-24-40,41-25-8-3-9-26-41)42-27-16-20-38(35-42)51(46-30-14-18-36-17-10-11-28-43(36)46)47-31-15-19-37-33-34-45-44-29-12-13-32-48(44)52-50(45)49(37)47/h1-35H. The molecule has 0 bridgehead atoms. The van der Waals surface area contributed by atoms with E-state index < -0.39 is 8.07 Å². The molecule has 0 radical (unpaired) electrons. The van der Waals surface area contributed by atoms with E-state index >= 15 is 0 Å². The second-order valence-corrected chi connectivity index (χ2v) is 17.5. The van der Waals surface area contributed by atoms with Gasteiger partial charge >= 0.3 is 0 Å². The lowest BCUT2D eigenvalue weighted by molar-refractivity contribution is 0.672. The summed E-state index contributed by atoms with van der Waals surface area (Å²) in [5, 5.41) is 12.2. The molecule has 0 N–H and O–H groups in total. The lowest BCUT2D eigenvalue weighted by Gasteiger charge is -2.35. The van der Waals surface area contributed by atoms with E-state index in [1.165, 1.54) is 31.5 Å². The van der Waals surface area contributed by atoms with Gasteiger partial charge in [0.15, 0.2) is 8.07 Å². The van der Waals surface area contributed by atoms with Crippen molar-refractivity contribution < 1.29 is 4.42 Å². The van der Waals surface area contributed by atoms with Crippen LogP contribution in [-0.4, -0.2) is 8.07 Å². The van der Waals surface area contributed by atoms with Gasteiger partial charge in [0, 0.05) is 27.2 Å². The van der Waals surface area contributed by atoms with Crippen LogP contribution in [0.4, 0.5) is 17.1 Å². The van der Waals surface area contributed by atoms with Crippen molar-refractivity contribution in [3.8, 4) is 0 Å². The fourth-order valence-electron chi connectivity index (χ4n) is 8.47. The Labute approximate surface area is 309 Å². The van der Waals surface area contributed by atoms with Crippen molar-refractivity contribution in [1.29, 1.82) is 0 Å². The quantitative estimate of drug-likeness (QED) is 0.122. The highest BCUT2D eigenvalue weighted by Gasteiger charge is 2.41. The van der Waals surface area contributed by atoms with E-state index in [0.29, 0.717) is 0 Å². The monoisotopic (exact) mass is 693 g/mol. The third-order valence-electron chi connectivity index (χ3n) is 10.8. The molecule has 10 rings (SSSR count). The summed E-state index contributed by atoms with van der Waals surface area (Å²) >= 11 is 0. The predicted octanol–water partition coefficient (Wildman–Crippen LogP) is 10.7. The van der Waals surface area contributed by atoms with Crippen molar-refractivity contribution >= 4 is 89.4 Å². The van der Waals surface area contributed by atoms with E-state index in [1.54, 1.807) is 0 Å². The van der Waals surface area contributed by atoms with Crippen LogP contribution in [0.15, 0.2) is 217 Å². The van der Waals surface area contributed by atoms with Crippen molar-refractivity contribution in [2.75, 3.05) is 4.90 Å². The molecule has 0 unspecified atom stereocenters. The second kappa shape index (κ2) is 12.8. The first-order valence-electron chi connectivity index (χ1n) is 18.2. The molecule has 10 aromatic rings. The first-order valence-corrected chi connectivity index (χ1v) is 20.2. The van der Waals surface area contributed by atoms with E-state index in [4.69, 9.17) is 4.42 Å². The molecule has 1 heterocycles. The van der Waals surface area contributed by atoms with Gasteiger partial charge < -0.3 is 9.32 Å². The molecule has 0 spiro atoms. The van der Waals surface area contributed by atoms with Crippen molar-refractivity contribution in [3.63, 3.8) is 0 Å². The van der Waals surface area contributed by atoms with Crippen molar-refractivity contribution in [3.05, 3.63) is 212 Å². The maximum Gasteiger partial charge on any atom is 0.179 e. The molecule has 53 heavy (non-hydrogen) atoms. The molecule has 3 heteroatoms. The van der Waals surface area contributed by atoms with Gasteiger partial charge in [-0.2, -0.15) is 0 Å². The lowest BCUT2D eigenvalue weighted by Crippen LogP contribution is -2.74. The average molecular weight is 694 g/mol. The van der Waals surface area contributed by atoms with Gasteiger partial charge in [0.2, 0.25) is 0 Å². The third-order valence-corrected chi connectivity index (χ3v) is 15.5. The predicted molar refractivity (Wildman–Crippen MR) is 227 cm³/mol. The Kier molecular flexibility index (Phi) is 7.52. The van der Waals surface area contributed by atoms with E-state index in [9.17, 15) is 0 Å². The summed E-state index contributed by atoms with van der Waals surface area (Å²) in [6.07, 6.45) is 0. The molecule has 0 atom stereocenters. The number of para-hydroxylation sites is 1. The molecular formula is C50H35NOSi. The van der Waals surface area contributed by atoms with Crippen LogP contribution in [0.5, 0.6) is 0 Å². The first kappa shape index (κ1) is 31.1. The molecule has 2 nitrogen and oxygen atoms in total. The summed E-state index contributed by atoms with van der Waals surface area (Å²) in [6, 6.07) is 77.5. The smallest absolute Gasteiger partial charge is 0.179 e. The maximum absolute atomic E-state index is 6.75. The van der Waals surface area contributed by atoms with E-state index in [-0.39, 0.29) is 0 Å². The van der Waals surface area contributed by atoms with E-state index in [1.807, 2.05) is 6.07 Å². The number of rotatable bonds is 7. The summed E-state index contributed by atoms with van der Waals surface area (Å²) in [6.45, 7) is 0. The highest BCUT2D eigenvalue weighted by molar-refractivity contribution is 7.19. The maximum atomic E-state index is 6.75. The second-order valence-electron chi connectivity index (χ2n) is 13.6. The van der Waals surface area contributed by atoms with Gasteiger partial charge in [0.25, 0.3) is 0 Å². The average Bonchev–Trinajstić information content (AvgIpc) is 3.62. The van der Waals surface area contributed by atoms with Crippen LogP contribution in [-0.2, 0) is 0 Å². The minimum absolute atomic E-state index is 0.896. The van der Waals surface area contributed by atoms with Gasteiger partial charge in [0.1, 0.15) is 11.2 Å². The topological polar surface area (TPSA) is 16.4 Å². The number of nitrogens with zero attached hydrogens (tertiary/aromatic N) is 1. The van der Waals surface area contributed by atoms with Crippen LogP contribution >= 0.6 is 0 Å². The fourth-order valence-corrected chi connectivity index (χ4v) is 13.3. The summed E-state index contributed by atoms with van der Waals surface area (Å²) in [5.74, 6) is 0. The number of hydrogen-bond donors (Lipinski definition) is 0. The summed E-state index contributed by atoms with van der Waals surface area (Å²) in [4.78, 5) is 2.46. The summed E-state index contributed by atoms with van der Waals surface area (Å²) in [5.41, 5.74) is 5.09. The highest BCUT2D eigenvalue weighted by Crippen LogP contribution is 2.45. The number of benzene rings is 9. The van der Waals surface area contributed by atoms with Crippen LogP contribution in [0, 0.1) is 0 Å². The van der Waals surface area contributed by atoms with Crippen LogP contribution < -0.4 is 25.6 Å². The van der Waals surface area contributed by atoms with Crippen molar-refractivity contribution in [1.82, 2.24) is 0 Å². The molecule has 250 valence electrons. The minimum atomic E-state index is -2.80. The summed E-state index contributed by atoms with van der Waals surface area (Å²) in [7, 11) is -2.80. The van der Waals surface area contributed by atoms with Crippen LogP contribution in [0.1, 0.15) is 0 Å². The summed E-state index contributed by atoms with van der Waals surface area (Å²) < 4.78 is 6.75. The molecule has 0 amide bonds. The Bertz CT molecular complexity index is 2800. The Balaban J connectivity index is 1.31. The van der Waals surface area contributed by atoms with Gasteiger partial charge in [-0.3, -0.25) is 0 Å². The molecule has 0 fully saturated rings. The van der Waals surface area contributed by atoms with Gasteiger partial charge in [-0.15, -0.1) is 0 Å². The Morgan fingerprint density at radius 1 is 0.358 bits per heavy atom. The van der Waals surface area contributed by atoms with Crippen LogP contribution in [0.3, 0.4) is 0 Å². The third kappa shape index (κ3) is 5.01. The zero-order valence-corrected chi connectivity index (χ0v) is 30.1.